The fraction of sp³-hybridized carbons (Fsp3) is 0.348. The van der Waals surface area contributed by atoms with Gasteiger partial charge in [0, 0.05) is 17.7 Å². The standard InChI is InChI=1S/C23H20O13/c1-7(24)32-6-12-15(26)16(27)23(34-12)33-11-5-9-14-13-8(21(28)36-20(14)18(11)31-3)4-10(25)17(30-2)19(13)35-22(9)29/h4-5,12,15-16,23,25-27H,6H2,1-3H3. The molecular weight excluding hydrogens is 484 g/mol. The second-order valence-corrected chi connectivity index (χ2v) is 8.06. The van der Waals surface area contributed by atoms with Gasteiger partial charge < -0.3 is 47.8 Å². The van der Waals surface area contributed by atoms with Crippen LogP contribution in [0.3, 0.4) is 0 Å². The van der Waals surface area contributed by atoms with Crippen molar-refractivity contribution in [3.63, 3.8) is 0 Å². The highest BCUT2D eigenvalue weighted by atomic mass is 16.7. The molecule has 4 aromatic rings. The number of rotatable bonds is 6. The predicted octanol–water partition coefficient (Wildman–Crippen LogP) is 0.602. The summed E-state index contributed by atoms with van der Waals surface area (Å²) in [6, 6.07) is 2.38. The van der Waals surface area contributed by atoms with E-state index in [1.165, 1.54) is 27.2 Å². The summed E-state index contributed by atoms with van der Waals surface area (Å²) in [5, 5.41) is 31.1. The van der Waals surface area contributed by atoms with E-state index < -0.39 is 47.6 Å². The zero-order chi connectivity index (χ0) is 25.9. The van der Waals surface area contributed by atoms with Gasteiger partial charge >= 0.3 is 17.2 Å². The van der Waals surface area contributed by atoms with Crippen molar-refractivity contribution >= 4 is 38.7 Å². The van der Waals surface area contributed by atoms with Gasteiger partial charge in [0.15, 0.2) is 22.7 Å². The van der Waals surface area contributed by atoms with Gasteiger partial charge in [-0.2, -0.15) is 0 Å². The van der Waals surface area contributed by atoms with Gasteiger partial charge in [0.1, 0.15) is 24.9 Å². The second-order valence-electron chi connectivity index (χ2n) is 8.06. The Morgan fingerprint density at radius 1 is 0.944 bits per heavy atom. The van der Waals surface area contributed by atoms with Gasteiger partial charge in [-0.25, -0.2) is 9.59 Å². The zero-order valence-electron chi connectivity index (χ0n) is 19.1. The van der Waals surface area contributed by atoms with Crippen LogP contribution in [0, 0.1) is 0 Å². The molecule has 4 unspecified atom stereocenters. The molecule has 0 spiro atoms. The summed E-state index contributed by atoms with van der Waals surface area (Å²) in [4.78, 5) is 36.8. The minimum Gasteiger partial charge on any atom is -0.504 e. The zero-order valence-corrected chi connectivity index (χ0v) is 19.1. The Morgan fingerprint density at radius 3 is 2.11 bits per heavy atom. The summed E-state index contributed by atoms with van der Waals surface area (Å²) < 4.78 is 37.5. The molecule has 0 amide bonds. The van der Waals surface area contributed by atoms with Gasteiger partial charge in [0.2, 0.25) is 17.8 Å². The molecule has 0 aliphatic carbocycles. The molecule has 1 aliphatic rings. The number of aliphatic hydroxyl groups excluding tert-OH is 2. The van der Waals surface area contributed by atoms with E-state index in [-0.39, 0.29) is 56.6 Å². The van der Waals surface area contributed by atoms with Crippen LogP contribution >= 0.6 is 0 Å². The van der Waals surface area contributed by atoms with Crippen molar-refractivity contribution in [3.8, 4) is 23.0 Å². The van der Waals surface area contributed by atoms with Crippen molar-refractivity contribution in [1.82, 2.24) is 0 Å². The molecular formula is C23H20O13. The number of aliphatic hydroxyl groups is 2. The fourth-order valence-corrected chi connectivity index (χ4v) is 4.30. The van der Waals surface area contributed by atoms with Gasteiger partial charge in [-0.05, 0) is 12.1 Å². The number of benzene rings is 2. The third-order valence-corrected chi connectivity index (χ3v) is 5.92. The number of phenolic OH excluding ortho intramolecular Hbond substituents is 1. The third kappa shape index (κ3) is 3.47. The largest absolute Gasteiger partial charge is 0.504 e. The molecule has 0 bridgehead atoms. The van der Waals surface area contributed by atoms with Crippen LogP contribution in [0.15, 0.2) is 30.6 Å². The number of carbonyl (C=O) groups is 1. The van der Waals surface area contributed by atoms with Crippen LogP contribution in [0.5, 0.6) is 23.0 Å². The maximum atomic E-state index is 12.9. The maximum Gasteiger partial charge on any atom is 0.344 e. The molecule has 5 rings (SSSR count). The molecule has 3 N–H and O–H groups in total. The Kier molecular flexibility index (Phi) is 5.62. The predicted molar refractivity (Wildman–Crippen MR) is 120 cm³/mol. The molecule has 0 saturated carbocycles. The summed E-state index contributed by atoms with van der Waals surface area (Å²) in [6.07, 6.45) is -5.56. The first-order chi connectivity index (χ1) is 17.2. The molecule has 2 aromatic heterocycles. The topological polar surface area (TPSA) is 184 Å². The Morgan fingerprint density at radius 2 is 1.53 bits per heavy atom. The molecule has 190 valence electrons. The number of carbonyl (C=O) groups excluding carboxylic acids is 1. The van der Waals surface area contributed by atoms with E-state index >= 15 is 0 Å². The molecule has 36 heavy (non-hydrogen) atoms. The minimum atomic E-state index is -1.56. The summed E-state index contributed by atoms with van der Waals surface area (Å²) >= 11 is 0. The molecule has 0 radical (unpaired) electrons. The van der Waals surface area contributed by atoms with Crippen LogP contribution in [0.25, 0.3) is 32.7 Å². The number of esters is 1. The van der Waals surface area contributed by atoms with Crippen molar-refractivity contribution < 1.29 is 52.6 Å². The van der Waals surface area contributed by atoms with Gasteiger partial charge in [-0.3, -0.25) is 4.79 Å². The molecule has 1 saturated heterocycles. The molecule has 1 aliphatic heterocycles. The minimum absolute atomic E-state index is 0.0637. The van der Waals surface area contributed by atoms with Crippen LogP contribution in [-0.4, -0.2) is 66.7 Å². The number of ether oxygens (including phenoxy) is 5. The second kappa shape index (κ2) is 8.55. The monoisotopic (exact) mass is 504 g/mol. The lowest BCUT2D eigenvalue weighted by Crippen LogP contribution is -2.36. The molecule has 3 heterocycles. The Hall–Kier alpha value is -4.07. The molecule has 4 atom stereocenters. The van der Waals surface area contributed by atoms with Crippen molar-refractivity contribution in [2.24, 2.45) is 0 Å². The van der Waals surface area contributed by atoms with Gasteiger partial charge in [0.25, 0.3) is 0 Å². The highest BCUT2D eigenvalue weighted by Crippen LogP contribution is 2.46. The first-order valence-electron chi connectivity index (χ1n) is 10.6. The summed E-state index contributed by atoms with van der Waals surface area (Å²) in [6.45, 7) is 0.842. The van der Waals surface area contributed by atoms with Gasteiger partial charge in [0.05, 0.1) is 25.0 Å². The van der Waals surface area contributed by atoms with Crippen molar-refractivity contribution in [2.45, 2.75) is 31.5 Å². The first kappa shape index (κ1) is 23.7. The maximum absolute atomic E-state index is 12.9. The molecule has 1 fully saturated rings. The number of phenols is 1. The Bertz CT molecular complexity index is 1600. The van der Waals surface area contributed by atoms with Crippen LogP contribution in [-0.2, 0) is 14.3 Å². The summed E-state index contributed by atoms with van der Waals surface area (Å²) in [5.74, 6) is -1.47. The average molecular weight is 504 g/mol. The van der Waals surface area contributed by atoms with Crippen LogP contribution in [0.1, 0.15) is 6.92 Å². The lowest BCUT2D eigenvalue weighted by atomic mass is 10.0. The van der Waals surface area contributed by atoms with Gasteiger partial charge in [-0.15, -0.1) is 0 Å². The number of aromatic hydroxyl groups is 1. The molecule has 13 nitrogen and oxygen atoms in total. The lowest BCUT2D eigenvalue weighted by molar-refractivity contribution is -0.151. The normalized spacial score (nSPS) is 21.9. The summed E-state index contributed by atoms with van der Waals surface area (Å²) in [7, 11) is 2.52. The third-order valence-electron chi connectivity index (χ3n) is 5.92. The Balaban J connectivity index is 1.69. The Labute approximate surface area is 200 Å². The average Bonchev–Trinajstić information content (AvgIpc) is 3.10. The molecule has 13 heteroatoms. The van der Waals surface area contributed by atoms with E-state index in [2.05, 4.69) is 0 Å². The van der Waals surface area contributed by atoms with E-state index in [9.17, 15) is 29.7 Å². The summed E-state index contributed by atoms with van der Waals surface area (Å²) in [5.41, 5.74) is -2.08. The SMILES string of the molecule is COc1c(O)cc2c(=O)oc3c(OC)c(OC4OC(COC(C)=O)C(O)C4O)cc4c(=O)oc1c2c34. The van der Waals surface area contributed by atoms with Gasteiger partial charge in [-0.1, -0.05) is 0 Å². The highest BCUT2D eigenvalue weighted by Gasteiger charge is 2.45. The number of hydrogen-bond donors (Lipinski definition) is 3. The van der Waals surface area contributed by atoms with E-state index in [0.717, 1.165) is 6.07 Å². The van der Waals surface area contributed by atoms with Crippen LogP contribution in [0.2, 0.25) is 0 Å². The smallest absolute Gasteiger partial charge is 0.344 e. The first-order valence-corrected chi connectivity index (χ1v) is 10.6. The van der Waals surface area contributed by atoms with Crippen molar-refractivity contribution in [3.05, 3.63) is 33.0 Å². The van der Waals surface area contributed by atoms with Crippen molar-refractivity contribution in [2.75, 3.05) is 20.8 Å². The van der Waals surface area contributed by atoms with Crippen molar-refractivity contribution in [1.29, 1.82) is 0 Å². The van der Waals surface area contributed by atoms with E-state index in [4.69, 9.17) is 32.5 Å². The highest BCUT2D eigenvalue weighted by molar-refractivity contribution is 6.22. The van der Waals surface area contributed by atoms with E-state index in [1.807, 2.05) is 0 Å². The van der Waals surface area contributed by atoms with E-state index in [0.29, 0.717) is 0 Å². The lowest BCUT2D eigenvalue weighted by Gasteiger charge is -2.20. The van der Waals surface area contributed by atoms with Crippen LogP contribution in [0.4, 0.5) is 0 Å². The quantitative estimate of drug-likeness (QED) is 0.189. The number of methoxy groups -OCH3 is 2. The fourth-order valence-electron chi connectivity index (χ4n) is 4.30. The van der Waals surface area contributed by atoms with E-state index in [1.54, 1.807) is 0 Å². The number of hydrogen-bond acceptors (Lipinski definition) is 13. The van der Waals surface area contributed by atoms with Crippen LogP contribution < -0.4 is 25.5 Å². The molecule has 2 aromatic carbocycles.